The van der Waals surface area contributed by atoms with Crippen LogP contribution in [0.4, 0.5) is 0 Å². The number of hydrogen-bond donors (Lipinski definition) is 0. The zero-order valence-electron chi connectivity index (χ0n) is 26.0. The Morgan fingerprint density at radius 1 is 0.674 bits per heavy atom. The summed E-state index contributed by atoms with van der Waals surface area (Å²) < 4.78 is 4.95. The fraction of sp³-hybridized carbons (Fsp3) is 0.268. The van der Waals surface area contributed by atoms with E-state index in [9.17, 15) is 0 Å². The molecule has 0 spiro atoms. The van der Waals surface area contributed by atoms with Gasteiger partial charge in [0.15, 0.2) is 17.9 Å². The van der Waals surface area contributed by atoms with Crippen molar-refractivity contribution >= 4 is 21.5 Å². The number of pyridine rings is 2. The summed E-state index contributed by atoms with van der Waals surface area (Å²) in [6, 6.07) is 39.0. The molecule has 43 heavy (non-hydrogen) atoms. The highest BCUT2D eigenvalue weighted by molar-refractivity contribution is 5.98. The Labute approximate surface area is 256 Å². The van der Waals surface area contributed by atoms with Crippen molar-refractivity contribution in [3.8, 4) is 22.5 Å². The van der Waals surface area contributed by atoms with Crippen molar-refractivity contribution in [2.45, 2.75) is 64.3 Å². The number of aromatic nitrogens is 2. The van der Waals surface area contributed by atoms with E-state index in [1.165, 1.54) is 73.6 Å². The van der Waals surface area contributed by atoms with Gasteiger partial charge in [0, 0.05) is 31.0 Å². The number of rotatable bonds is 7. The van der Waals surface area contributed by atoms with Crippen LogP contribution in [0.15, 0.2) is 116 Å². The standard InChI is InChI=1S/C41H42N2/c1-5-8-15-29-21-23-33-31(28-29)25-27-43-40(33)35-19-12-11-18-34(35)39(41(43,6-2)7-3)36-24-22-30-16-9-10-17-32(30)38(36)37-20-13-14-26-42(37)4/h9-14,16-28,39H,5-8,15H2,1-4H3/q+2. The molecule has 0 saturated carbocycles. The van der Waals surface area contributed by atoms with Gasteiger partial charge in [-0.05, 0) is 63.9 Å². The molecule has 0 N–H and O–H groups in total. The Kier molecular flexibility index (Phi) is 7.09. The molecule has 2 aromatic heterocycles. The molecular formula is C41H42N2+2. The number of unbranched alkanes of at least 4 members (excludes halogenated alkanes) is 1. The molecule has 1 unspecified atom stereocenters. The van der Waals surface area contributed by atoms with E-state index >= 15 is 0 Å². The predicted octanol–water partition coefficient (Wildman–Crippen LogP) is 9.44. The van der Waals surface area contributed by atoms with Crippen LogP contribution in [0.5, 0.6) is 0 Å². The number of fused-ring (bicyclic) bond motifs is 6. The molecule has 1 aliphatic rings. The van der Waals surface area contributed by atoms with Crippen molar-refractivity contribution in [1.29, 1.82) is 0 Å². The second-order valence-electron chi connectivity index (χ2n) is 12.3. The average molecular weight is 563 g/mol. The highest BCUT2D eigenvalue weighted by Gasteiger charge is 2.53. The molecule has 0 saturated heterocycles. The molecular weight excluding hydrogens is 520 g/mol. The Balaban J connectivity index is 1.55. The van der Waals surface area contributed by atoms with Crippen molar-refractivity contribution < 1.29 is 9.13 Å². The van der Waals surface area contributed by atoms with Crippen LogP contribution in [0.3, 0.4) is 0 Å². The van der Waals surface area contributed by atoms with E-state index in [1.807, 2.05) is 0 Å². The molecule has 1 atom stereocenters. The third-order valence-electron chi connectivity index (χ3n) is 10.2. The van der Waals surface area contributed by atoms with Crippen LogP contribution in [-0.2, 0) is 19.0 Å². The van der Waals surface area contributed by atoms with E-state index in [2.05, 4.69) is 152 Å². The summed E-state index contributed by atoms with van der Waals surface area (Å²) >= 11 is 0. The lowest BCUT2D eigenvalue weighted by Crippen LogP contribution is -2.62. The van der Waals surface area contributed by atoms with E-state index in [1.54, 1.807) is 0 Å². The molecule has 1 aliphatic heterocycles. The van der Waals surface area contributed by atoms with Crippen LogP contribution >= 0.6 is 0 Å². The fourth-order valence-electron chi connectivity index (χ4n) is 7.95. The first-order valence-electron chi connectivity index (χ1n) is 16.1. The van der Waals surface area contributed by atoms with E-state index in [0.29, 0.717) is 0 Å². The van der Waals surface area contributed by atoms with Gasteiger partial charge < -0.3 is 0 Å². The minimum atomic E-state index is -0.122. The molecule has 2 nitrogen and oxygen atoms in total. The summed E-state index contributed by atoms with van der Waals surface area (Å²) in [5, 5.41) is 5.30. The Morgan fingerprint density at radius 2 is 1.47 bits per heavy atom. The molecule has 0 amide bonds. The third kappa shape index (κ3) is 4.30. The average Bonchev–Trinajstić information content (AvgIpc) is 3.06. The second-order valence-corrected chi connectivity index (χ2v) is 12.3. The van der Waals surface area contributed by atoms with E-state index in [0.717, 1.165) is 19.3 Å². The number of nitrogens with zero attached hydrogens (tertiary/aromatic N) is 2. The lowest BCUT2D eigenvalue weighted by atomic mass is 9.66. The molecule has 0 fully saturated rings. The normalized spacial score (nSPS) is 15.4. The maximum Gasteiger partial charge on any atom is 0.221 e. The van der Waals surface area contributed by atoms with Gasteiger partial charge in [-0.1, -0.05) is 93.9 Å². The minimum Gasteiger partial charge on any atom is -0.201 e. The second kappa shape index (κ2) is 11.1. The lowest BCUT2D eigenvalue weighted by molar-refractivity contribution is -0.760. The predicted molar refractivity (Wildman–Crippen MR) is 179 cm³/mol. The minimum absolute atomic E-state index is 0.122. The summed E-state index contributed by atoms with van der Waals surface area (Å²) in [6.45, 7) is 7.06. The van der Waals surface area contributed by atoms with Crippen LogP contribution in [0.1, 0.15) is 69.1 Å². The number of aryl methyl sites for hydroxylation is 2. The van der Waals surface area contributed by atoms with Gasteiger partial charge in [0.1, 0.15) is 7.05 Å². The first-order chi connectivity index (χ1) is 21.1. The van der Waals surface area contributed by atoms with Crippen LogP contribution in [-0.4, -0.2) is 0 Å². The number of hydrogen-bond acceptors (Lipinski definition) is 0. The lowest BCUT2D eigenvalue weighted by Gasteiger charge is -2.41. The van der Waals surface area contributed by atoms with Gasteiger partial charge >= 0.3 is 0 Å². The molecule has 6 aromatic rings. The summed E-state index contributed by atoms with van der Waals surface area (Å²) in [5.74, 6) is 0.192. The van der Waals surface area contributed by atoms with E-state index in [-0.39, 0.29) is 11.5 Å². The monoisotopic (exact) mass is 562 g/mol. The maximum atomic E-state index is 2.66. The highest BCUT2D eigenvalue weighted by Crippen LogP contribution is 2.52. The van der Waals surface area contributed by atoms with Gasteiger partial charge in [-0.25, -0.2) is 4.57 Å². The quantitative estimate of drug-likeness (QED) is 0.171. The highest BCUT2D eigenvalue weighted by atomic mass is 15.1. The number of benzene rings is 4. The van der Waals surface area contributed by atoms with Crippen LogP contribution in [0, 0.1) is 0 Å². The summed E-state index contributed by atoms with van der Waals surface area (Å²) in [4.78, 5) is 0. The molecule has 0 aliphatic carbocycles. The molecule has 0 radical (unpaired) electrons. The Morgan fingerprint density at radius 3 is 2.28 bits per heavy atom. The van der Waals surface area contributed by atoms with Crippen LogP contribution in [0.25, 0.3) is 44.1 Å². The molecule has 214 valence electrons. The molecule has 2 heteroatoms. The first-order valence-corrected chi connectivity index (χ1v) is 16.1. The van der Waals surface area contributed by atoms with Gasteiger partial charge in [-0.2, -0.15) is 4.57 Å². The molecule has 4 aromatic carbocycles. The summed E-state index contributed by atoms with van der Waals surface area (Å²) in [5.41, 5.74) is 9.47. The SMILES string of the molecule is CCCCc1ccc2c3[n+](ccc2c1)C(CC)(CC)C(c1ccc2ccccc2c1-c1cccc[n+]1C)c1ccccc1-3. The molecule has 0 bridgehead atoms. The van der Waals surface area contributed by atoms with Gasteiger partial charge in [0.2, 0.25) is 11.4 Å². The van der Waals surface area contributed by atoms with Crippen molar-refractivity contribution in [1.82, 2.24) is 0 Å². The van der Waals surface area contributed by atoms with E-state index in [4.69, 9.17) is 0 Å². The molecule has 3 heterocycles. The molecule has 7 rings (SSSR count). The maximum absolute atomic E-state index is 2.66. The third-order valence-corrected chi connectivity index (χ3v) is 10.2. The van der Waals surface area contributed by atoms with Crippen molar-refractivity contribution in [3.05, 3.63) is 132 Å². The van der Waals surface area contributed by atoms with Gasteiger partial charge in [0.05, 0.1) is 22.4 Å². The van der Waals surface area contributed by atoms with Crippen molar-refractivity contribution in [2.75, 3.05) is 0 Å². The van der Waals surface area contributed by atoms with Crippen LogP contribution in [0.2, 0.25) is 0 Å². The smallest absolute Gasteiger partial charge is 0.201 e. The van der Waals surface area contributed by atoms with Crippen molar-refractivity contribution in [2.24, 2.45) is 7.05 Å². The summed E-state index contributed by atoms with van der Waals surface area (Å²) in [7, 11) is 2.17. The topological polar surface area (TPSA) is 7.76 Å². The largest absolute Gasteiger partial charge is 0.221 e. The van der Waals surface area contributed by atoms with Gasteiger partial charge in [-0.15, -0.1) is 0 Å². The van der Waals surface area contributed by atoms with Crippen molar-refractivity contribution in [3.63, 3.8) is 0 Å². The van der Waals surface area contributed by atoms with Gasteiger partial charge in [-0.3, -0.25) is 0 Å². The zero-order chi connectivity index (χ0) is 29.6. The first kappa shape index (κ1) is 27.5. The Hall–Kier alpha value is -4.30. The fourth-order valence-corrected chi connectivity index (χ4v) is 7.95. The van der Waals surface area contributed by atoms with Gasteiger partial charge in [0.25, 0.3) is 0 Å². The van der Waals surface area contributed by atoms with E-state index < -0.39 is 0 Å². The Bertz CT molecular complexity index is 1960. The summed E-state index contributed by atoms with van der Waals surface area (Å²) in [6.07, 6.45) is 10.2. The van der Waals surface area contributed by atoms with Crippen LogP contribution < -0.4 is 9.13 Å². The zero-order valence-corrected chi connectivity index (χ0v) is 26.0.